The molecule has 108 valence electrons. The molecule has 2 aromatic heterocycles. The zero-order valence-corrected chi connectivity index (χ0v) is 11.8. The number of azide groups is 1. The van der Waals surface area contributed by atoms with Gasteiger partial charge in [0.2, 0.25) is 0 Å². The molecule has 6 heteroatoms. The molecule has 0 aliphatic rings. The van der Waals surface area contributed by atoms with Crippen LogP contribution < -0.4 is 0 Å². The molecule has 0 N–H and O–H groups in total. The zero-order valence-electron chi connectivity index (χ0n) is 11.8. The molecule has 0 saturated carbocycles. The van der Waals surface area contributed by atoms with Crippen LogP contribution in [0.5, 0.6) is 0 Å². The van der Waals surface area contributed by atoms with Gasteiger partial charge in [-0.1, -0.05) is 5.11 Å². The summed E-state index contributed by atoms with van der Waals surface area (Å²) >= 11 is 0. The largest absolute Gasteiger partial charge is 0.295 e. The van der Waals surface area contributed by atoms with Crippen molar-refractivity contribution in [3.05, 3.63) is 70.6 Å². The summed E-state index contributed by atoms with van der Waals surface area (Å²) in [7, 11) is 0. The molecule has 21 heavy (non-hydrogen) atoms. The fourth-order valence-corrected chi connectivity index (χ4v) is 2.12. The van der Waals surface area contributed by atoms with Crippen LogP contribution in [0.3, 0.4) is 0 Å². The molecule has 0 amide bonds. The van der Waals surface area contributed by atoms with E-state index in [1.165, 1.54) is 11.1 Å². The summed E-state index contributed by atoms with van der Waals surface area (Å²) in [6, 6.07) is 8.08. The van der Waals surface area contributed by atoms with E-state index in [1.807, 2.05) is 24.3 Å². The zero-order chi connectivity index (χ0) is 14.8. The van der Waals surface area contributed by atoms with Gasteiger partial charge in [-0.15, -0.1) is 0 Å². The van der Waals surface area contributed by atoms with Crippen LogP contribution in [0.2, 0.25) is 0 Å². The quantitative estimate of drug-likeness (QED) is 0.323. The Morgan fingerprint density at radius 1 is 0.952 bits per heavy atom. The van der Waals surface area contributed by atoms with Crippen LogP contribution in [-0.2, 0) is 13.1 Å². The van der Waals surface area contributed by atoms with E-state index in [9.17, 15) is 0 Å². The second-order valence-corrected chi connectivity index (χ2v) is 4.73. The van der Waals surface area contributed by atoms with Gasteiger partial charge in [-0.3, -0.25) is 14.9 Å². The summed E-state index contributed by atoms with van der Waals surface area (Å²) in [6.07, 6.45) is 8.07. The normalized spacial score (nSPS) is 10.3. The highest BCUT2D eigenvalue weighted by atomic mass is 15.1. The van der Waals surface area contributed by atoms with E-state index in [0.717, 1.165) is 26.1 Å². The maximum absolute atomic E-state index is 8.33. The molecule has 2 heterocycles. The predicted octanol–water partition coefficient (Wildman–Crippen LogP) is 3.18. The Balaban J connectivity index is 1.97. The molecule has 0 fully saturated rings. The van der Waals surface area contributed by atoms with Crippen molar-refractivity contribution < 1.29 is 0 Å². The van der Waals surface area contributed by atoms with Crippen LogP contribution in [0.1, 0.15) is 17.5 Å². The molecule has 0 atom stereocenters. The first-order chi connectivity index (χ1) is 10.4. The van der Waals surface area contributed by atoms with Gasteiger partial charge in [0.15, 0.2) is 0 Å². The molecule has 0 saturated heterocycles. The number of hydrogen-bond acceptors (Lipinski definition) is 4. The van der Waals surface area contributed by atoms with Crippen LogP contribution in [-0.4, -0.2) is 28.0 Å². The van der Waals surface area contributed by atoms with Crippen molar-refractivity contribution in [1.29, 1.82) is 0 Å². The number of hydrogen-bond donors (Lipinski definition) is 0. The van der Waals surface area contributed by atoms with Gasteiger partial charge in [-0.25, -0.2) is 0 Å². The summed E-state index contributed by atoms with van der Waals surface area (Å²) in [5.74, 6) is 0. The van der Waals surface area contributed by atoms with E-state index >= 15 is 0 Å². The van der Waals surface area contributed by atoms with E-state index in [1.54, 1.807) is 24.8 Å². The number of pyridine rings is 2. The van der Waals surface area contributed by atoms with Crippen LogP contribution in [0.4, 0.5) is 0 Å². The minimum absolute atomic E-state index is 0.527. The standard InChI is InChI=1S/C15H18N6/c16-20-19-6-1-11-21(12-14-2-7-17-8-3-14)13-15-4-9-18-10-5-15/h2-5,7-10H,1,6,11-13H2. The Hall–Kier alpha value is -2.43. The smallest absolute Gasteiger partial charge is 0.0271 e. The molecule has 0 radical (unpaired) electrons. The van der Waals surface area contributed by atoms with E-state index in [4.69, 9.17) is 5.53 Å². The first-order valence-electron chi connectivity index (χ1n) is 6.89. The lowest BCUT2D eigenvalue weighted by Gasteiger charge is -2.22. The van der Waals surface area contributed by atoms with E-state index in [-0.39, 0.29) is 0 Å². The second kappa shape index (κ2) is 8.68. The Morgan fingerprint density at radius 2 is 1.48 bits per heavy atom. The summed E-state index contributed by atoms with van der Waals surface area (Å²) in [5.41, 5.74) is 10.8. The maximum atomic E-state index is 8.33. The molecule has 0 spiro atoms. The topological polar surface area (TPSA) is 77.8 Å². The van der Waals surface area contributed by atoms with Crippen molar-refractivity contribution in [2.75, 3.05) is 13.1 Å². The average Bonchev–Trinajstić information content (AvgIpc) is 2.53. The lowest BCUT2D eigenvalue weighted by Crippen LogP contribution is -2.24. The Labute approximate surface area is 124 Å². The van der Waals surface area contributed by atoms with Crippen molar-refractivity contribution in [3.8, 4) is 0 Å². The third kappa shape index (κ3) is 5.60. The number of nitrogens with zero attached hydrogens (tertiary/aromatic N) is 6. The van der Waals surface area contributed by atoms with Crippen molar-refractivity contribution in [2.24, 2.45) is 5.11 Å². The lowest BCUT2D eigenvalue weighted by atomic mass is 10.2. The predicted molar refractivity (Wildman–Crippen MR) is 81.2 cm³/mol. The summed E-state index contributed by atoms with van der Waals surface area (Å²) in [6.45, 7) is 3.10. The van der Waals surface area contributed by atoms with Crippen molar-refractivity contribution in [1.82, 2.24) is 14.9 Å². The van der Waals surface area contributed by atoms with E-state index in [0.29, 0.717) is 6.54 Å². The van der Waals surface area contributed by atoms with Crippen LogP contribution in [0, 0.1) is 0 Å². The highest BCUT2D eigenvalue weighted by Crippen LogP contribution is 2.09. The highest BCUT2D eigenvalue weighted by Gasteiger charge is 2.07. The third-order valence-corrected chi connectivity index (χ3v) is 3.11. The van der Waals surface area contributed by atoms with Crippen LogP contribution in [0.15, 0.2) is 54.2 Å². The Morgan fingerprint density at radius 3 is 1.95 bits per heavy atom. The lowest BCUT2D eigenvalue weighted by molar-refractivity contribution is 0.255. The van der Waals surface area contributed by atoms with E-state index in [2.05, 4.69) is 24.9 Å². The molecule has 2 aromatic rings. The van der Waals surface area contributed by atoms with Crippen LogP contribution >= 0.6 is 0 Å². The SMILES string of the molecule is [N-]=[N+]=NCCCN(Cc1ccncc1)Cc1ccncc1. The monoisotopic (exact) mass is 282 g/mol. The van der Waals surface area contributed by atoms with Gasteiger partial charge in [0.1, 0.15) is 0 Å². The van der Waals surface area contributed by atoms with Gasteiger partial charge in [-0.2, -0.15) is 0 Å². The molecule has 0 aromatic carbocycles. The molecular weight excluding hydrogens is 264 g/mol. The fourth-order valence-electron chi connectivity index (χ4n) is 2.12. The second-order valence-electron chi connectivity index (χ2n) is 4.73. The Bertz CT molecular complexity index is 524. The molecule has 0 aliphatic carbocycles. The minimum Gasteiger partial charge on any atom is -0.295 e. The van der Waals surface area contributed by atoms with Gasteiger partial charge >= 0.3 is 0 Å². The van der Waals surface area contributed by atoms with Crippen molar-refractivity contribution in [2.45, 2.75) is 19.5 Å². The highest BCUT2D eigenvalue weighted by molar-refractivity contribution is 5.12. The molecule has 0 aliphatic heterocycles. The summed E-state index contributed by atoms with van der Waals surface area (Å²) < 4.78 is 0. The van der Waals surface area contributed by atoms with Crippen molar-refractivity contribution in [3.63, 3.8) is 0 Å². The fraction of sp³-hybridized carbons (Fsp3) is 0.333. The summed E-state index contributed by atoms with van der Waals surface area (Å²) in [4.78, 5) is 13.2. The number of aromatic nitrogens is 2. The van der Waals surface area contributed by atoms with Gasteiger partial charge in [0.25, 0.3) is 0 Å². The molecular formula is C15H18N6. The van der Waals surface area contributed by atoms with Gasteiger partial charge in [-0.05, 0) is 53.9 Å². The average molecular weight is 282 g/mol. The Kier molecular flexibility index (Phi) is 6.19. The van der Waals surface area contributed by atoms with E-state index < -0.39 is 0 Å². The van der Waals surface area contributed by atoms with Gasteiger partial charge < -0.3 is 0 Å². The maximum Gasteiger partial charge on any atom is 0.0271 e. The molecule has 0 unspecified atom stereocenters. The number of rotatable bonds is 8. The summed E-state index contributed by atoms with van der Waals surface area (Å²) in [5, 5.41) is 3.59. The minimum atomic E-state index is 0.527. The molecule has 0 bridgehead atoms. The molecule has 2 rings (SSSR count). The van der Waals surface area contributed by atoms with Crippen LogP contribution in [0.25, 0.3) is 10.4 Å². The van der Waals surface area contributed by atoms with Gasteiger partial charge in [0, 0.05) is 49.3 Å². The first kappa shape index (κ1) is 15.0. The first-order valence-corrected chi connectivity index (χ1v) is 6.89. The molecule has 6 nitrogen and oxygen atoms in total. The van der Waals surface area contributed by atoms with Gasteiger partial charge in [0.05, 0.1) is 0 Å². The van der Waals surface area contributed by atoms with Crippen molar-refractivity contribution >= 4 is 0 Å². The third-order valence-electron chi connectivity index (χ3n) is 3.11.